The molecular weight excluding hydrogens is 505 g/mol. The summed E-state index contributed by atoms with van der Waals surface area (Å²) in [5, 5.41) is 8.05. The lowest BCUT2D eigenvalue weighted by Gasteiger charge is -2.56. The molecule has 3 atom stereocenters. The van der Waals surface area contributed by atoms with E-state index in [0.29, 0.717) is 39.0 Å². The van der Waals surface area contributed by atoms with Crippen molar-refractivity contribution < 1.29 is 14.3 Å². The van der Waals surface area contributed by atoms with Gasteiger partial charge in [-0.1, -0.05) is 35.3 Å². The number of anilines is 2. The Balaban J connectivity index is 1.63. The number of rotatable bonds is 5. The predicted molar refractivity (Wildman–Crippen MR) is 143 cm³/mol. The average Bonchev–Trinajstić information content (AvgIpc) is 2.82. The lowest BCUT2D eigenvalue weighted by Crippen LogP contribution is -2.72. The molecule has 5 rings (SSSR count). The maximum atomic E-state index is 13.8. The summed E-state index contributed by atoms with van der Waals surface area (Å²) in [6, 6.07) is 19.5. The lowest BCUT2D eigenvalue weighted by molar-refractivity contribution is -0.130. The van der Waals surface area contributed by atoms with Crippen LogP contribution in [0.2, 0.25) is 10.0 Å². The Kier molecular flexibility index (Phi) is 6.25. The third kappa shape index (κ3) is 4.18. The summed E-state index contributed by atoms with van der Waals surface area (Å²) in [6.45, 7) is 4.27. The van der Waals surface area contributed by atoms with E-state index in [2.05, 4.69) is 10.6 Å². The van der Waals surface area contributed by atoms with Gasteiger partial charge in [0.15, 0.2) is 22.3 Å². The van der Waals surface area contributed by atoms with Gasteiger partial charge in [0.2, 0.25) is 5.91 Å². The molecule has 0 aromatic heterocycles. The van der Waals surface area contributed by atoms with Crippen LogP contribution in [0.1, 0.15) is 25.5 Å². The van der Waals surface area contributed by atoms with Crippen LogP contribution < -0.4 is 25.0 Å². The molecule has 1 saturated heterocycles. The fourth-order valence-electron chi connectivity index (χ4n) is 4.77. The molecule has 1 amide bonds. The van der Waals surface area contributed by atoms with Gasteiger partial charge in [-0.25, -0.2) is 0 Å². The number of thiocarbonyl (C=S) groups is 1. The first-order chi connectivity index (χ1) is 16.8. The van der Waals surface area contributed by atoms with Crippen LogP contribution in [0.3, 0.4) is 0 Å². The number of ether oxygens (including phenoxy) is 2. The summed E-state index contributed by atoms with van der Waals surface area (Å²) in [5.74, 6) is 0.306. The van der Waals surface area contributed by atoms with E-state index in [1.807, 2.05) is 49.1 Å². The van der Waals surface area contributed by atoms with Crippen LogP contribution in [0.4, 0.5) is 11.4 Å². The van der Waals surface area contributed by atoms with Crippen molar-refractivity contribution in [3.63, 3.8) is 0 Å². The maximum absolute atomic E-state index is 13.8. The smallest absolute Gasteiger partial charge is 0.236 e. The van der Waals surface area contributed by atoms with E-state index in [0.717, 1.165) is 11.3 Å². The summed E-state index contributed by atoms with van der Waals surface area (Å²) in [7, 11) is 0. The molecule has 3 unspecified atom stereocenters. The summed E-state index contributed by atoms with van der Waals surface area (Å²) in [5.41, 5.74) is 1.02. The number of para-hydroxylation sites is 1. The van der Waals surface area contributed by atoms with Crippen LogP contribution >= 0.6 is 35.4 Å². The van der Waals surface area contributed by atoms with Gasteiger partial charge in [0, 0.05) is 27.0 Å². The number of nitrogens with one attached hydrogen (secondary N) is 2. The highest BCUT2D eigenvalue weighted by Crippen LogP contribution is 2.52. The van der Waals surface area contributed by atoms with Crippen LogP contribution in [0.15, 0.2) is 66.7 Å². The molecule has 2 heterocycles. The minimum Gasteiger partial charge on any atom is -0.490 e. The van der Waals surface area contributed by atoms with Crippen molar-refractivity contribution >= 4 is 57.8 Å². The highest BCUT2D eigenvalue weighted by Gasteiger charge is 2.59. The number of hydrogen-bond acceptors (Lipinski definition) is 4. The summed E-state index contributed by atoms with van der Waals surface area (Å²) < 4.78 is 12.6. The van der Waals surface area contributed by atoms with E-state index in [1.54, 1.807) is 36.4 Å². The van der Waals surface area contributed by atoms with Gasteiger partial charge in [-0.3, -0.25) is 9.69 Å². The van der Waals surface area contributed by atoms with Gasteiger partial charge in [-0.2, -0.15) is 0 Å². The fourth-order valence-corrected chi connectivity index (χ4v) is 5.44. The molecule has 0 aliphatic carbocycles. The van der Waals surface area contributed by atoms with Crippen molar-refractivity contribution in [1.82, 2.24) is 5.32 Å². The van der Waals surface area contributed by atoms with Gasteiger partial charge in [-0.05, 0) is 80.7 Å². The number of fused-ring (bicyclic) bond motifs is 4. The number of nitrogens with zero attached hydrogens (tertiary/aromatic N) is 1. The summed E-state index contributed by atoms with van der Waals surface area (Å²) in [6.07, 6.45) is 0. The van der Waals surface area contributed by atoms with Crippen molar-refractivity contribution in [2.24, 2.45) is 5.92 Å². The number of amides is 1. The van der Waals surface area contributed by atoms with E-state index in [4.69, 9.17) is 44.9 Å². The number of carbonyl (C=O) groups is 1. The standard InChI is InChI=1S/C26H23Cl2N3O3S/c1-3-33-20-6-4-5-19-22-21(24(32)29-17-11-7-15(27)8-12-17)26(2,34-23(19)20)31(25(35)30-22)18-13-9-16(28)10-14-18/h4-14,21-22H,3H2,1-2H3,(H,29,32)(H,30,35). The zero-order valence-electron chi connectivity index (χ0n) is 19.0. The molecule has 2 N–H and O–H groups in total. The zero-order valence-corrected chi connectivity index (χ0v) is 21.4. The third-order valence-corrected chi connectivity index (χ3v) is 7.07. The second kappa shape index (κ2) is 9.22. The van der Waals surface area contributed by atoms with Gasteiger partial charge in [0.1, 0.15) is 5.92 Å². The first-order valence-corrected chi connectivity index (χ1v) is 12.4. The van der Waals surface area contributed by atoms with Crippen molar-refractivity contribution in [3.05, 3.63) is 82.3 Å². The minimum atomic E-state index is -1.17. The van der Waals surface area contributed by atoms with Gasteiger partial charge >= 0.3 is 0 Å². The fraction of sp³-hybridized carbons (Fsp3) is 0.231. The molecule has 2 bridgehead atoms. The first-order valence-electron chi connectivity index (χ1n) is 11.2. The molecule has 0 spiro atoms. The Labute approximate surface area is 219 Å². The highest BCUT2D eigenvalue weighted by atomic mass is 35.5. The summed E-state index contributed by atoms with van der Waals surface area (Å²) in [4.78, 5) is 15.7. The van der Waals surface area contributed by atoms with E-state index in [9.17, 15) is 4.79 Å². The Morgan fingerprint density at radius 3 is 2.43 bits per heavy atom. The molecule has 0 radical (unpaired) electrons. The van der Waals surface area contributed by atoms with E-state index in [1.165, 1.54) is 0 Å². The largest absolute Gasteiger partial charge is 0.490 e. The highest BCUT2D eigenvalue weighted by molar-refractivity contribution is 7.80. The minimum absolute atomic E-state index is 0.221. The molecule has 2 aliphatic heterocycles. The SMILES string of the molecule is CCOc1cccc2c1OC1(C)C(C(=O)Nc3ccc(Cl)cc3)C2NC(=S)N1c1ccc(Cl)cc1. The van der Waals surface area contributed by atoms with Crippen molar-refractivity contribution in [2.75, 3.05) is 16.8 Å². The zero-order chi connectivity index (χ0) is 24.7. The second-order valence-electron chi connectivity index (χ2n) is 8.48. The Hall–Kier alpha value is -3.00. The van der Waals surface area contributed by atoms with Crippen LogP contribution in [-0.4, -0.2) is 23.4 Å². The topological polar surface area (TPSA) is 62.8 Å². The molecule has 3 aromatic rings. The number of carbonyl (C=O) groups excluding carboxylic acids is 1. The number of benzene rings is 3. The van der Waals surface area contributed by atoms with Crippen LogP contribution in [0, 0.1) is 5.92 Å². The first kappa shape index (κ1) is 23.7. The molecule has 180 valence electrons. The Morgan fingerprint density at radius 2 is 1.77 bits per heavy atom. The third-order valence-electron chi connectivity index (χ3n) is 6.27. The van der Waals surface area contributed by atoms with Crippen LogP contribution in [0.5, 0.6) is 11.5 Å². The van der Waals surface area contributed by atoms with Crippen LogP contribution in [0.25, 0.3) is 0 Å². The molecular formula is C26H23Cl2N3O3S. The van der Waals surface area contributed by atoms with Gasteiger partial charge in [0.25, 0.3) is 0 Å². The quantitative estimate of drug-likeness (QED) is 0.385. The number of hydrogen-bond donors (Lipinski definition) is 2. The predicted octanol–water partition coefficient (Wildman–Crippen LogP) is 6.19. The second-order valence-corrected chi connectivity index (χ2v) is 9.74. The van der Waals surface area contributed by atoms with Gasteiger partial charge in [-0.15, -0.1) is 0 Å². The average molecular weight is 528 g/mol. The Morgan fingerprint density at radius 1 is 1.11 bits per heavy atom. The van der Waals surface area contributed by atoms with Crippen molar-refractivity contribution in [2.45, 2.75) is 25.6 Å². The van der Waals surface area contributed by atoms with Gasteiger partial charge in [0.05, 0.1) is 12.6 Å². The molecule has 9 heteroatoms. The number of halogens is 2. The Bertz CT molecular complexity index is 1290. The molecule has 3 aromatic carbocycles. The van der Waals surface area contributed by atoms with Crippen LogP contribution in [-0.2, 0) is 4.79 Å². The normalized spacial score (nSPS) is 22.5. The van der Waals surface area contributed by atoms with Crippen molar-refractivity contribution in [3.8, 4) is 11.5 Å². The van der Waals surface area contributed by atoms with Gasteiger partial charge < -0.3 is 20.1 Å². The lowest BCUT2D eigenvalue weighted by atomic mass is 9.78. The molecule has 1 fully saturated rings. The van der Waals surface area contributed by atoms with E-state index in [-0.39, 0.29) is 5.91 Å². The monoisotopic (exact) mass is 527 g/mol. The molecule has 35 heavy (non-hydrogen) atoms. The van der Waals surface area contributed by atoms with E-state index >= 15 is 0 Å². The van der Waals surface area contributed by atoms with E-state index < -0.39 is 17.7 Å². The van der Waals surface area contributed by atoms with Crippen molar-refractivity contribution in [1.29, 1.82) is 0 Å². The summed E-state index contributed by atoms with van der Waals surface area (Å²) >= 11 is 18.0. The molecule has 0 saturated carbocycles. The molecule has 2 aliphatic rings. The maximum Gasteiger partial charge on any atom is 0.236 e. The molecule has 6 nitrogen and oxygen atoms in total.